The third-order valence-electron chi connectivity index (χ3n) is 11.4. The Hall–Kier alpha value is -5.38. The number of ether oxygens (including phenoxy) is 1. The largest absolute Gasteiger partial charge is 0.456 e. The molecule has 0 radical (unpaired) electrons. The molecule has 0 saturated heterocycles. The number of fused-ring (bicyclic) bond motifs is 3. The van der Waals surface area contributed by atoms with Gasteiger partial charge in [0.05, 0.1) is 25.6 Å². The topological polar surface area (TPSA) is 164 Å². The van der Waals surface area contributed by atoms with Gasteiger partial charge in [-0.15, -0.1) is 11.3 Å². The predicted octanol–water partition coefficient (Wildman–Crippen LogP) is 9.86. The van der Waals surface area contributed by atoms with E-state index >= 15 is 0 Å². The number of hydrogen-bond acceptors (Lipinski definition) is 10. The molecular weight excluding hydrogens is 797 g/mol. The summed E-state index contributed by atoms with van der Waals surface area (Å²) in [7, 11) is -9.22. The van der Waals surface area contributed by atoms with Crippen molar-refractivity contribution in [2.24, 2.45) is 0 Å². The lowest BCUT2D eigenvalue weighted by atomic mass is 9.69. The first-order chi connectivity index (χ1) is 27.4. The molecule has 0 amide bonds. The average molecular weight is 835 g/mol. The maximum Gasteiger partial charge on any atom is 0.346 e. The maximum absolute atomic E-state index is 13.9. The highest BCUT2D eigenvalue weighted by molar-refractivity contribution is 7.86. The monoisotopic (exact) mass is 834 g/mol. The first kappa shape index (κ1) is 38.2. The molecule has 0 atom stereocenters. The summed E-state index contributed by atoms with van der Waals surface area (Å²) in [5.41, 5.74) is 5.82. The van der Waals surface area contributed by atoms with E-state index in [2.05, 4.69) is 38.7 Å². The predicted molar refractivity (Wildman–Crippen MR) is 226 cm³/mol. The second-order valence-corrected chi connectivity index (χ2v) is 20.1. The number of benzene rings is 5. The highest BCUT2D eigenvalue weighted by atomic mass is 32.2. The standard InChI is InChI=1S/C44H38N2O9S3/c1-43(2)16-18-46-19-17-44(3,4)37-38(46)34(43)21-27-20-33(42(47)55-39(27)37)41-45-35-22-28(12-15-36(35)56-41)54-40-31(25-8-6-5-7-9-25)23-30(58(51,52)53)24-32(40)26-10-13-29(14-11-26)57(48,49)50/h5-15,20-24H,16-19H2,1-4H3,(H,48,49,50)(H,51,52,53). The van der Waals surface area contributed by atoms with Crippen LogP contribution in [0.3, 0.4) is 0 Å². The highest BCUT2D eigenvalue weighted by Crippen LogP contribution is 2.52. The Balaban J connectivity index is 1.17. The Kier molecular flexibility index (Phi) is 8.77. The first-order valence-electron chi connectivity index (χ1n) is 18.7. The van der Waals surface area contributed by atoms with Gasteiger partial charge in [0, 0.05) is 46.9 Å². The van der Waals surface area contributed by atoms with Crippen LogP contribution in [0.4, 0.5) is 5.69 Å². The van der Waals surface area contributed by atoms with Crippen LogP contribution in [-0.2, 0) is 31.1 Å². The van der Waals surface area contributed by atoms with Crippen LogP contribution in [0.5, 0.6) is 11.5 Å². The van der Waals surface area contributed by atoms with Crippen LogP contribution >= 0.6 is 11.3 Å². The summed E-state index contributed by atoms with van der Waals surface area (Å²) in [6, 6.07) is 25.9. The van der Waals surface area contributed by atoms with Crippen molar-refractivity contribution in [3.05, 3.63) is 119 Å². The van der Waals surface area contributed by atoms with E-state index in [0.717, 1.165) is 41.6 Å². The normalized spacial score (nSPS) is 16.1. The van der Waals surface area contributed by atoms with Crippen LogP contribution in [-0.4, -0.2) is 44.0 Å². The third-order valence-corrected chi connectivity index (χ3v) is 14.2. The van der Waals surface area contributed by atoms with Crippen LogP contribution in [0, 0.1) is 0 Å². The minimum absolute atomic E-state index is 0.0544. The molecule has 0 saturated carbocycles. The van der Waals surface area contributed by atoms with Gasteiger partial charge in [0.25, 0.3) is 20.2 Å². The lowest BCUT2D eigenvalue weighted by molar-refractivity contribution is 0.398. The molecule has 0 unspecified atom stereocenters. The van der Waals surface area contributed by atoms with E-state index in [1.165, 1.54) is 59.0 Å². The molecule has 0 bridgehead atoms. The number of hydrogen-bond donors (Lipinski definition) is 2. The molecule has 58 heavy (non-hydrogen) atoms. The van der Waals surface area contributed by atoms with Gasteiger partial charge in [-0.2, -0.15) is 16.8 Å². The van der Waals surface area contributed by atoms with Crippen molar-refractivity contribution in [1.29, 1.82) is 0 Å². The summed E-state index contributed by atoms with van der Waals surface area (Å²) >= 11 is 1.35. The molecule has 2 N–H and O–H groups in total. The van der Waals surface area contributed by atoms with Crippen molar-refractivity contribution in [3.8, 4) is 44.3 Å². The highest BCUT2D eigenvalue weighted by Gasteiger charge is 2.42. The maximum atomic E-state index is 13.9. The van der Waals surface area contributed by atoms with Crippen LogP contribution in [0.25, 0.3) is 54.0 Å². The van der Waals surface area contributed by atoms with E-state index in [9.17, 15) is 30.7 Å². The Labute approximate surface area is 339 Å². The summed E-state index contributed by atoms with van der Waals surface area (Å²) in [6.45, 7) is 10.9. The summed E-state index contributed by atoms with van der Waals surface area (Å²) in [5.74, 6) is 0.544. The molecule has 2 aliphatic heterocycles. The minimum atomic E-state index is -4.71. The number of nitrogens with zero attached hydrogens (tertiary/aromatic N) is 2. The Bertz CT molecular complexity index is 3120. The van der Waals surface area contributed by atoms with Crippen molar-refractivity contribution in [2.75, 3.05) is 18.0 Å². The molecule has 2 aliphatic rings. The summed E-state index contributed by atoms with van der Waals surface area (Å²) in [5, 5.41) is 1.34. The van der Waals surface area contributed by atoms with Gasteiger partial charge in [-0.25, -0.2) is 9.78 Å². The smallest absolute Gasteiger partial charge is 0.346 e. The second kappa shape index (κ2) is 13.3. The summed E-state index contributed by atoms with van der Waals surface area (Å²) < 4.78 is 82.1. The number of rotatable bonds is 7. The zero-order valence-corrected chi connectivity index (χ0v) is 34.4. The fourth-order valence-electron chi connectivity index (χ4n) is 8.22. The van der Waals surface area contributed by atoms with Gasteiger partial charge in [-0.05, 0) is 88.9 Å². The Morgan fingerprint density at radius 2 is 1.38 bits per heavy atom. The van der Waals surface area contributed by atoms with Gasteiger partial charge in [0.1, 0.15) is 22.1 Å². The molecule has 296 valence electrons. The van der Waals surface area contributed by atoms with E-state index in [1.807, 2.05) is 12.1 Å². The van der Waals surface area contributed by atoms with Gasteiger partial charge in [0.2, 0.25) is 0 Å². The van der Waals surface area contributed by atoms with Gasteiger partial charge >= 0.3 is 5.63 Å². The molecular formula is C44H38N2O9S3. The molecule has 0 spiro atoms. The SMILES string of the molecule is CC1(C)CCN2CCC(C)(C)c3c2c1cc1cc(-c2nc4cc(Oc5c(-c6ccccc6)cc(S(=O)(=O)O)cc5-c5ccc(S(=O)(=O)O)cc5)ccc4s2)c(=O)oc31. The Morgan fingerprint density at radius 3 is 2.03 bits per heavy atom. The van der Waals surface area contributed by atoms with Gasteiger partial charge in [-0.3, -0.25) is 9.11 Å². The molecule has 4 heterocycles. The van der Waals surface area contributed by atoms with Gasteiger partial charge in [-0.1, -0.05) is 70.2 Å². The first-order valence-corrected chi connectivity index (χ1v) is 22.4. The van der Waals surface area contributed by atoms with Crippen LogP contribution < -0.4 is 15.3 Å². The van der Waals surface area contributed by atoms with Crippen LogP contribution in [0.15, 0.2) is 116 Å². The van der Waals surface area contributed by atoms with E-state index in [-0.39, 0.29) is 27.0 Å². The lowest BCUT2D eigenvalue weighted by Crippen LogP contribution is -2.44. The molecule has 11 nitrogen and oxygen atoms in total. The van der Waals surface area contributed by atoms with Crippen molar-refractivity contribution < 1.29 is 35.1 Å². The summed E-state index contributed by atoms with van der Waals surface area (Å²) in [6.07, 6.45) is 1.97. The molecule has 7 aromatic rings. The zero-order chi connectivity index (χ0) is 40.9. The van der Waals surface area contributed by atoms with Gasteiger partial charge < -0.3 is 14.1 Å². The fourth-order valence-corrected chi connectivity index (χ4v) is 10.2. The van der Waals surface area contributed by atoms with E-state index in [4.69, 9.17) is 14.1 Å². The molecule has 14 heteroatoms. The molecule has 2 aromatic heterocycles. The fraction of sp³-hybridized carbons (Fsp3) is 0.227. The molecule has 9 rings (SSSR count). The van der Waals surface area contributed by atoms with Gasteiger partial charge in [0.15, 0.2) is 0 Å². The number of anilines is 1. The van der Waals surface area contributed by atoms with E-state index in [1.54, 1.807) is 42.5 Å². The number of thiazole rings is 1. The van der Waals surface area contributed by atoms with Crippen molar-refractivity contribution in [1.82, 2.24) is 4.98 Å². The van der Waals surface area contributed by atoms with Crippen molar-refractivity contribution >= 4 is 58.4 Å². The van der Waals surface area contributed by atoms with Crippen LogP contribution in [0.1, 0.15) is 51.7 Å². The zero-order valence-electron chi connectivity index (χ0n) is 31.9. The number of aromatic nitrogens is 1. The van der Waals surface area contributed by atoms with Crippen molar-refractivity contribution in [2.45, 2.75) is 61.2 Å². The van der Waals surface area contributed by atoms with E-state index < -0.39 is 30.8 Å². The van der Waals surface area contributed by atoms with Crippen molar-refractivity contribution in [3.63, 3.8) is 0 Å². The average Bonchev–Trinajstić information content (AvgIpc) is 3.59. The third kappa shape index (κ3) is 6.58. The quantitative estimate of drug-likeness (QED) is 0.116. The Morgan fingerprint density at radius 1 is 0.741 bits per heavy atom. The molecule has 0 aliphatic carbocycles. The lowest BCUT2D eigenvalue weighted by Gasteiger charge is -2.48. The summed E-state index contributed by atoms with van der Waals surface area (Å²) in [4.78, 5) is 20.4. The molecule has 0 fully saturated rings. The second-order valence-electron chi connectivity index (χ2n) is 16.2. The minimum Gasteiger partial charge on any atom is -0.456 e. The molecule has 5 aromatic carbocycles. The van der Waals surface area contributed by atoms with E-state index in [0.29, 0.717) is 44.1 Å². The van der Waals surface area contributed by atoms with Crippen LogP contribution in [0.2, 0.25) is 0 Å².